The van der Waals surface area contributed by atoms with Gasteiger partial charge in [0.05, 0.1) is 31.9 Å². The van der Waals surface area contributed by atoms with E-state index in [-0.39, 0.29) is 19.0 Å². The molecule has 1 unspecified atom stereocenters. The SMILES string of the molecule is CCC(O)Cn1cc(C2(O)CN(C(=O)c3ccc(-c4ccncc4)cc3)C2)nn1. The fraction of sp³-hybridized carbons (Fsp3) is 0.333. The van der Waals surface area contributed by atoms with Crippen LogP contribution in [0.5, 0.6) is 0 Å². The zero-order valence-electron chi connectivity index (χ0n) is 16.1. The Bertz CT molecular complexity index is 981. The summed E-state index contributed by atoms with van der Waals surface area (Å²) in [5, 5.41) is 28.5. The maximum atomic E-state index is 12.7. The molecule has 1 fully saturated rings. The molecule has 2 aromatic heterocycles. The van der Waals surface area contributed by atoms with Crippen LogP contribution in [0.3, 0.4) is 0 Å². The Kier molecular flexibility index (Phi) is 5.12. The average Bonchev–Trinajstić information content (AvgIpc) is 3.20. The monoisotopic (exact) mass is 393 g/mol. The van der Waals surface area contributed by atoms with E-state index in [0.29, 0.717) is 24.2 Å². The van der Waals surface area contributed by atoms with Crippen LogP contribution < -0.4 is 0 Å². The van der Waals surface area contributed by atoms with Gasteiger partial charge in [-0.25, -0.2) is 4.68 Å². The van der Waals surface area contributed by atoms with Crippen LogP contribution in [0.1, 0.15) is 29.4 Å². The van der Waals surface area contributed by atoms with E-state index in [1.807, 2.05) is 31.2 Å². The smallest absolute Gasteiger partial charge is 0.254 e. The quantitative estimate of drug-likeness (QED) is 0.657. The summed E-state index contributed by atoms with van der Waals surface area (Å²) in [6, 6.07) is 11.2. The van der Waals surface area contributed by atoms with Gasteiger partial charge < -0.3 is 15.1 Å². The van der Waals surface area contributed by atoms with Crippen molar-refractivity contribution in [1.29, 1.82) is 0 Å². The van der Waals surface area contributed by atoms with Gasteiger partial charge in [0.25, 0.3) is 5.91 Å². The molecule has 0 aliphatic carbocycles. The number of benzene rings is 1. The second kappa shape index (κ2) is 7.73. The molecule has 8 heteroatoms. The van der Waals surface area contributed by atoms with E-state index in [0.717, 1.165) is 11.1 Å². The van der Waals surface area contributed by atoms with E-state index >= 15 is 0 Å². The van der Waals surface area contributed by atoms with Crippen LogP contribution >= 0.6 is 0 Å². The lowest BCUT2D eigenvalue weighted by Crippen LogP contribution is -2.61. The van der Waals surface area contributed by atoms with E-state index in [2.05, 4.69) is 15.3 Å². The Morgan fingerprint density at radius 3 is 2.45 bits per heavy atom. The first kappa shape index (κ1) is 19.2. The summed E-state index contributed by atoms with van der Waals surface area (Å²) in [5.41, 5.74) is 1.82. The first-order valence-corrected chi connectivity index (χ1v) is 9.59. The van der Waals surface area contributed by atoms with E-state index in [4.69, 9.17) is 0 Å². The summed E-state index contributed by atoms with van der Waals surface area (Å²) in [6.45, 7) is 2.53. The molecule has 1 aromatic carbocycles. The highest BCUT2D eigenvalue weighted by atomic mass is 16.3. The largest absolute Gasteiger partial charge is 0.391 e. The van der Waals surface area contributed by atoms with Gasteiger partial charge in [0, 0.05) is 18.0 Å². The maximum Gasteiger partial charge on any atom is 0.254 e. The van der Waals surface area contributed by atoms with E-state index in [1.54, 1.807) is 35.6 Å². The normalized spacial score (nSPS) is 16.3. The Morgan fingerprint density at radius 2 is 1.79 bits per heavy atom. The summed E-state index contributed by atoms with van der Waals surface area (Å²) < 4.78 is 1.52. The van der Waals surface area contributed by atoms with Gasteiger partial charge >= 0.3 is 0 Å². The number of pyridine rings is 1. The topological polar surface area (TPSA) is 104 Å². The van der Waals surface area contributed by atoms with Gasteiger partial charge in [-0.15, -0.1) is 5.10 Å². The van der Waals surface area contributed by atoms with Gasteiger partial charge in [-0.05, 0) is 41.8 Å². The lowest BCUT2D eigenvalue weighted by Gasteiger charge is -2.45. The number of aliphatic hydroxyl groups excluding tert-OH is 1. The van der Waals surface area contributed by atoms with Crippen molar-refractivity contribution in [1.82, 2.24) is 24.9 Å². The minimum Gasteiger partial charge on any atom is -0.391 e. The van der Waals surface area contributed by atoms with E-state index in [9.17, 15) is 15.0 Å². The highest BCUT2D eigenvalue weighted by Crippen LogP contribution is 2.32. The molecule has 1 aliphatic rings. The maximum absolute atomic E-state index is 12.7. The predicted molar refractivity (Wildman–Crippen MR) is 106 cm³/mol. The first-order chi connectivity index (χ1) is 14.0. The number of carbonyl (C=O) groups excluding carboxylic acids is 1. The molecule has 1 saturated heterocycles. The van der Waals surface area contributed by atoms with Crippen molar-refractivity contribution in [2.45, 2.75) is 31.6 Å². The zero-order chi connectivity index (χ0) is 20.4. The summed E-state index contributed by atoms with van der Waals surface area (Å²) >= 11 is 0. The van der Waals surface area contributed by atoms with E-state index < -0.39 is 11.7 Å². The van der Waals surface area contributed by atoms with Crippen LogP contribution in [0, 0.1) is 0 Å². The average molecular weight is 393 g/mol. The molecule has 3 heterocycles. The Morgan fingerprint density at radius 1 is 1.14 bits per heavy atom. The van der Waals surface area contributed by atoms with Crippen LogP contribution in [0.25, 0.3) is 11.1 Å². The Hall–Kier alpha value is -3.10. The van der Waals surface area contributed by atoms with Crippen molar-refractivity contribution in [3.8, 4) is 11.1 Å². The van der Waals surface area contributed by atoms with Crippen molar-refractivity contribution >= 4 is 5.91 Å². The third-order valence-electron chi connectivity index (χ3n) is 5.22. The second-order valence-corrected chi connectivity index (χ2v) is 7.39. The van der Waals surface area contributed by atoms with E-state index in [1.165, 1.54) is 4.68 Å². The van der Waals surface area contributed by atoms with Gasteiger partial charge in [0.1, 0.15) is 11.3 Å². The van der Waals surface area contributed by atoms with Crippen LogP contribution in [0.4, 0.5) is 0 Å². The third-order valence-corrected chi connectivity index (χ3v) is 5.22. The number of aliphatic hydroxyl groups is 2. The number of β-amino-alcohol motifs (C(OH)–C–C–N with tert-alkyl or cyclic N) is 1. The minimum absolute atomic E-state index is 0.134. The summed E-state index contributed by atoms with van der Waals surface area (Å²) in [4.78, 5) is 18.3. The highest BCUT2D eigenvalue weighted by Gasteiger charge is 2.47. The number of hydrogen-bond donors (Lipinski definition) is 2. The minimum atomic E-state index is -1.21. The van der Waals surface area contributed by atoms with Gasteiger partial charge in [0.15, 0.2) is 0 Å². The molecule has 0 saturated carbocycles. The fourth-order valence-corrected chi connectivity index (χ4v) is 3.37. The van der Waals surface area contributed by atoms with Crippen LogP contribution in [-0.2, 0) is 12.1 Å². The number of carbonyl (C=O) groups is 1. The number of amides is 1. The molecule has 0 radical (unpaired) electrons. The van der Waals surface area contributed by atoms with Crippen LogP contribution in [-0.4, -0.2) is 60.2 Å². The second-order valence-electron chi connectivity index (χ2n) is 7.39. The van der Waals surface area contributed by atoms with Crippen LogP contribution in [0.2, 0.25) is 0 Å². The molecule has 0 spiro atoms. The first-order valence-electron chi connectivity index (χ1n) is 9.59. The molecule has 0 bridgehead atoms. The Balaban J connectivity index is 1.39. The number of aromatic nitrogens is 4. The lowest BCUT2D eigenvalue weighted by molar-refractivity contribution is -0.0893. The fourth-order valence-electron chi connectivity index (χ4n) is 3.37. The molecule has 4 rings (SSSR count). The molecule has 29 heavy (non-hydrogen) atoms. The van der Waals surface area contributed by atoms with Gasteiger partial charge in [-0.3, -0.25) is 9.78 Å². The molecule has 1 atom stereocenters. The molecule has 3 aromatic rings. The summed E-state index contributed by atoms with van der Waals surface area (Å²) in [7, 11) is 0. The molecule has 8 nitrogen and oxygen atoms in total. The molecular weight excluding hydrogens is 370 g/mol. The number of likely N-dealkylation sites (tertiary alicyclic amines) is 1. The Labute approximate surface area is 168 Å². The molecule has 150 valence electrons. The van der Waals surface area contributed by atoms with Gasteiger partial charge in [0.2, 0.25) is 0 Å². The summed E-state index contributed by atoms with van der Waals surface area (Å²) in [6.07, 6.45) is 5.20. The lowest BCUT2D eigenvalue weighted by atomic mass is 9.90. The van der Waals surface area contributed by atoms with Crippen molar-refractivity contribution < 1.29 is 15.0 Å². The molecule has 2 N–H and O–H groups in total. The number of hydrogen-bond acceptors (Lipinski definition) is 6. The van der Waals surface area contributed by atoms with Gasteiger partial charge in [-0.2, -0.15) is 0 Å². The standard InChI is InChI=1S/C21H23N5O3/c1-2-18(27)11-26-12-19(23-24-26)21(29)13-25(14-21)20(28)17-5-3-15(4-6-17)16-7-9-22-10-8-16/h3-10,12,18,27,29H,2,11,13-14H2,1H3. The molecule has 1 amide bonds. The summed E-state index contributed by atoms with van der Waals surface area (Å²) in [5.74, 6) is -0.134. The van der Waals surface area contributed by atoms with Crippen LogP contribution in [0.15, 0.2) is 55.0 Å². The highest BCUT2D eigenvalue weighted by molar-refractivity contribution is 5.95. The number of nitrogens with zero attached hydrogens (tertiary/aromatic N) is 5. The molecular formula is C21H23N5O3. The number of rotatable bonds is 6. The predicted octanol–water partition coefficient (Wildman–Crippen LogP) is 1.45. The van der Waals surface area contributed by atoms with Crippen molar-refractivity contribution in [3.63, 3.8) is 0 Å². The van der Waals surface area contributed by atoms with Crippen molar-refractivity contribution in [2.24, 2.45) is 0 Å². The third kappa shape index (κ3) is 3.90. The van der Waals surface area contributed by atoms with Gasteiger partial charge in [-0.1, -0.05) is 24.3 Å². The van der Waals surface area contributed by atoms with Crippen molar-refractivity contribution in [2.75, 3.05) is 13.1 Å². The zero-order valence-corrected chi connectivity index (χ0v) is 16.1. The molecule has 1 aliphatic heterocycles. The van der Waals surface area contributed by atoms with Crippen molar-refractivity contribution in [3.05, 3.63) is 66.2 Å².